The number of nitrogens with zero attached hydrogens (tertiary/aromatic N) is 3. The number of fused-ring (bicyclic) bond motifs is 1. The van der Waals surface area contributed by atoms with Gasteiger partial charge in [0.05, 0.1) is 31.3 Å². The van der Waals surface area contributed by atoms with Crippen molar-refractivity contribution in [3.8, 4) is 17.0 Å². The minimum atomic E-state index is -0.281. The summed E-state index contributed by atoms with van der Waals surface area (Å²) in [6.07, 6.45) is 1.58. The summed E-state index contributed by atoms with van der Waals surface area (Å²) in [6, 6.07) is 14.9. The van der Waals surface area contributed by atoms with E-state index >= 15 is 0 Å². The lowest BCUT2D eigenvalue weighted by molar-refractivity contribution is 0.0943. The van der Waals surface area contributed by atoms with Crippen molar-refractivity contribution in [2.45, 2.75) is 32.7 Å². The fourth-order valence-corrected chi connectivity index (χ4v) is 3.12. The van der Waals surface area contributed by atoms with Gasteiger partial charge in [-0.3, -0.25) is 4.79 Å². The van der Waals surface area contributed by atoms with Crippen LogP contribution < -0.4 is 10.1 Å². The molecule has 0 spiro atoms. The number of ether oxygens (including phenoxy) is 1. The Kier molecular flexibility index (Phi) is 5.03. The molecule has 0 atom stereocenters. The zero-order chi connectivity index (χ0) is 21.3. The maximum Gasteiger partial charge on any atom is 0.270 e. The van der Waals surface area contributed by atoms with Gasteiger partial charge >= 0.3 is 0 Å². The second-order valence-corrected chi connectivity index (χ2v) is 8.07. The number of hydrogen-bond acceptors (Lipinski definition) is 5. The van der Waals surface area contributed by atoms with E-state index in [1.807, 2.05) is 36.4 Å². The molecular weight excluding hydrogens is 380 g/mol. The van der Waals surface area contributed by atoms with Crippen molar-refractivity contribution in [2.75, 3.05) is 7.11 Å². The maximum atomic E-state index is 12.8. The number of carbonyl (C=O) groups is 1. The van der Waals surface area contributed by atoms with Crippen LogP contribution >= 0.6 is 0 Å². The molecule has 1 aromatic carbocycles. The quantitative estimate of drug-likeness (QED) is 0.538. The number of benzene rings is 1. The Bertz CT molecular complexity index is 1190. The first-order chi connectivity index (χ1) is 14.3. The van der Waals surface area contributed by atoms with Gasteiger partial charge < -0.3 is 14.5 Å². The molecule has 3 heterocycles. The number of nitrogens with one attached hydrogen (secondary N) is 1. The summed E-state index contributed by atoms with van der Waals surface area (Å²) in [6.45, 7) is 6.57. The predicted molar refractivity (Wildman–Crippen MR) is 114 cm³/mol. The van der Waals surface area contributed by atoms with Crippen LogP contribution in [0.25, 0.3) is 16.9 Å². The van der Waals surface area contributed by atoms with E-state index in [4.69, 9.17) is 14.3 Å². The van der Waals surface area contributed by atoms with Gasteiger partial charge in [0.2, 0.25) is 0 Å². The van der Waals surface area contributed by atoms with Gasteiger partial charge in [-0.1, -0.05) is 32.9 Å². The third kappa shape index (κ3) is 3.91. The molecule has 7 nitrogen and oxygen atoms in total. The molecule has 0 aliphatic heterocycles. The third-order valence-electron chi connectivity index (χ3n) is 4.80. The van der Waals surface area contributed by atoms with Crippen molar-refractivity contribution >= 4 is 11.6 Å². The van der Waals surface area contributed by atoms with Gasteiger partial charge in [-0.15, -0.1) is 0 Å². The standard InChI is InChI=1S/C23H24N4O3/c1-23(2,3)20-13-21-25-18(22(28)24-14-17-9-6-10-30-17)12-19(27(21)26-20)15-7-5-8-16(11-15)29-4/h5-13H,14H2,1-4H3,(H,24,28). The van der Waals surface area contributed by atoms with E-state index in [9.17, 15) is 4.79 Å². The van der Waals surface area contributed by atoms with Gasteiger partial charge in [-0.2, -0.15) is 5.10 Å². The number of amides is 1. The highest BCUT2D eigenvalue weighted by atomic mass is 16.5. The fourth-order valence-electron chi connectivity index (χ4n) is 3.12. The number of methoxy groups -OCH3 is 1. The number of aromatic nitrogens is 3. The van der Waals surface area contributed by atoms with Crippen LogP contribution in [0.5, 0.6) is 5.75 Å². The van der Waals surface area contributed by atoms with E-state index in [0.717, 1.165) is 22.7 Å². The van der Waals surface area contributed by atoms with E-state index in [-0.39, 0.29) is 11.3 Å². The molecule has 0 aliphatic rings. The molecule has 30 heavy (non-hydrogen) atoms. The van der Waals surface area contributed by atoms with Gasteiger partial charge in [-0.05, 0) is 30.3 Å². The summed E-state index contributed by atoms with van der Waals surface area (Å²) in [5.74, 6) is 1.12. The zero-order valence-corrected chi connectivity index (χ0v) is 17.5. The van der Waals surface area contributed by atoms with Crippen LogP contribution in [0.15, 0.2) is 59.2 Å². The Morgan fingerprint density at radius 1 is 1.17 bits per heavy atom. The highest BCUT2D eigenvalue weighted by molar-refractivity contribution is 5.94. The fraction of sp³-hybridized carbons (Fsp3) is 0.261. The lowest BCUT2D eigenvalue weighted by Crippen LogP contribution is -2.24. The maximum absolute atomic E-state index is 12.8. The van der Waals surface area contributed by atoms with Gasteiger partial charge in [-0.25, -0.2) is 9.50 Å². The molecule has 0 bridgehead atoms. The Morgan fingerprint density at radius 3 is 2.70 bits per heavy atom. The lowest BCUT2D eigenvalue weighted by Gasteiger charge is -2.14. The van der Waals surface area contributed by atoms with E-state index in [1.54, 1.807) is 30.0 Å². The van der Waals surface area contributed by atoms with E-state index in [0.29, 0.717) is 23.6 Å². The van der Waals surface area contributed by atoms with Crippen molar-refractivity contribution in [3.05, 3.63) is 71.9 Å². The summed E-state index contributed by atoms with van der Waals surface area (Å²) in [4.78, 5) is 17.4. The summed E-state index contributed by atoms with van der Waals surface area (Å²) in [5, 5.41) is 7.62. The van der Waals surface area contributed by atoms with E-state index in [1.165, 1.54) is 0 Å². The molecule has 1 N–H and O–H groups in total. The minimum Gasteiger partial charge on any atom is -0.497 e. The number of carbonyl (C=O) groups excluding carboxylic acids is 1. The molecule has 0 fully saturated rings. The highest BCUT2D eigenvalue weighted by Gasteiger charge is 2.21. The molecule has 0 saturated carbocycles. The molecule has 3 aromatic heterocycles. The summed E-state index contributed by atoms with van der Waals surface area (Å²) >= 11 is 0. The Morgan fingerprint density at radius 2 is 2.00 bits per heavy atom. The SMILES string of the molecule is COc1cccc(-c2cc(C(=O)NCc3ccco3)nc3cc(C(C)(C)C)nn23)c1. The number of rotatable bonds is 5. The molecule has 0 radical (unpaired) electrons. The second-order valence-electron chi connectivity index (χ2n) is 8.07. The topological polar surface area (TPSA) is 81.7 Å². The van der Waals surface area contributed by atoms with Crippen LogP contribution in [0.4, 0.5) is 0 Å². The van der Waals surface area contributed by atoms with Crippen LogP contribution in [0, 0.1) is 0 Å². The third-order valence-corrected chi connectivity index (χ3v) is 4.80. The average Bonchev–Trinajstić information content (AvgIpc) is 3.40. The van der Waals surface area contributed by atoms with Gasteiger partial charge in [0, 0.05) is 17.0 Å². The molecule has 0 saturated heterocycles. The molecule has 7 heteroatoms. The largest absolute Gasteiger partial charge is 0.497 e. The van der Waals surface area contributed by atoms with E-state index in [2.05, 4.69) is 31.1 Å². The molecule has 154 valence electrons. The van der Waals surface area contributed by atoms with Crippen LogP contribution in [0.3, 0.4) is 0 Å². The first-order valence-corrected chi connectivity index (χ1v) is 9.71. The average molecular weight is 404 g/mol. The normalized spacial score (nSPS) is 11.6. The Hall–Kier alpha value is -3.61. The monoisotopic (exact) mass is 404 g/mol. The van der Waals surface area contributed by atoms with Crippen molar-refractivity contribution in [3.63, 3.8) is 0 Å². The minimum absolute atomic E-state index is 0.152. The summed E-state index contributed by atoms with van der Waals surface area (Å²) in [5.41, 5.74) is 3.31. The van der Waals surface area contributed by atoms with E-state index < -0.39 is 0 Å². The first kappa shape index (κ1) is 19.7. The molecule has 0 unspecified atom stereocenters. The summed E-state index contributed by atoms with van der Waals surface area (Å²) in [7, 11) is 1.63. The highest BCUT2D eigenvalue weighted by Crippen LogP contribution is 2.28. The molecule has 0 aliphatic carbocycles. The Labute approximate surface area is 174 Å². The van der Waals surface area contributed by atoms with Crippen LogP contribution in [-0.4, -0.2) is 27.6 Å². The number of hydrogen-bond donors (Lipinski definition) is 1. The van der Waals surface area contributed by atoms with Crippen molar-refractivity contribution in [1.29, 1.82) is 0 Å². The van der Waals surface area contributed by atoms with Gasteiger partial charge in [0.25, 0.3) is 5.91 Å². The van der Waals surface area contributed by atoms with Crippen LogP contribution in [0.2, 0.25) is 0 Å². The van der Waals surface area contributed by atoms with Gasteiger partial charge in [0.1, 0.15) is 17.2 Å². The molecule has 4 rings (SSSR count). The first-order valence-electron chi connectivity index (χ1n) is 9.71. The van der Waals surface area contributed by atoms with Crippen molar-refractivity contribution < 1.29 is 13.9 Å². The molecular formula is C23H24N4O3. The Balaban J connectivity index is 1.80. The zero-order valence-electron chi connectivity index (χ0n) is 17.5. The predicted octanol–water partition coefficient (Wildman–Crippen LogP) is 4.23. The van der Waals surface area contributed by atoms with Gasteiger partial charge in [0.15, 0.2) is 5.65 Å². The summed E-state index contributed by atoms with van der Waals surface area (Å²) < 4.78 is 12.4. The smallest absolute Gasteiger partial charge is 0.270 e. The van der Waals surface area contributed by atoms with Crippen molar-refractivity contribution in [1.82, 2.24) is 19.9 Å². The van der Waals surface area contributed by atoms with Crippen LogP contribution in [-0.2, 0) is 12.0 Å². The lowest BCUT2D eigenvalue weighted by atomic mass is 9.93. The molecule has 4 aromatic rings. The molecule has 1 amide bonds. The number of furan rings is 1. The van der Waals surface area contributed by atoms with Crippen molar-refractivity contribution in [2.24, 2.45) is 0 Å². The van der Waals surface area contributed by atoms with Crippen LogP contribution in [0.1, 0.15) is 42.7 Å². The second kappa shape index (κ2) is 7.67.